The molecule has 2 heterocycles. The van der Waals surface area contributed by atoms with Crippen molar-refractivity contribution >= 4 is 16.9 Å². The average molecular weight is 315 g/mol. The Kier molecular flexibility index (Phi) is 4.93. The van der Waals surface area contributed by atoms with Crippen LogP contribution in [0.15, 0.2) is 24.3 Å². The van der Waals surface area contributed by atoms with Gasteiger partial charge in [0.05, 0.1) is 24.1 Å². The zero-order valence-electron chi connectivity index (χ0n) is 14.0. The summed E-state index contributed by atoms with van der Waals surface area (Å²) < 4.78 is 2.16. The number of fused-ring (bicyclic) bond motifs is 1. The summed E-state index contributed by atoms with van der Waals surface area (Å²) >= 11 is 0. The van der Waals surface area contributed by atoms with Crippen molar-refractivity contribution in [2.75, 3.05) is 39.8 Å². The highest BCUT2D eigenvalue weighted by Gasteiger charge is 2.17. The number of likely N-dealkylation sites (N-methyl/N-ethyl adjacent to an activating group) is 1. The maximum Gasteiger partial charge on any atom is 0.234 e. The Balaban J connectivity index is 1.58. The first kappa shape index (κ1) is 16.0. The second-order valence-corrected chi connectivity index (χ2v) is 6.12. The summed E-state index contributed by atoms with van der Waals surface area (Å²) in [5.41, 5.74) is 2.11. The number of carbonyl (C=O) groups excluding carboxylic acids is 1. The third-order valence-electron chi connectivity index (χ3n) is 4.46. The van der Waals surface area contributed by atoms with E-state index >= 15 is 0 Å². The number of aryl methyl sites for hydroxylation is 1. The lowest BCUT2D eigenvalue weighted by atomic mass is 10.3. The van der Waals surface area contributed by atoms with Gasteiger partial charge in [-0.25, -0.2) is 4.98 Å². The zero-order valence-corrected chi connectivity index (χ0v) is 14.0. The van der Waals surface area contributed by atoms with Crippen molar-refractivity contribution < 1.29 is 4.79 Å². The van der Waals surface area contributed by atoms with E-state index in [4.69, 9.17) is 0 Å². The SMILES string of the molecule is CCn1c(CNC(=O)CN2CCN(C)CC2)nc2ccccc21. The van der Waals surface area contributed by atoms with E-state index in [-0.39, 0.29) is 5.91 Å². The van der Waals surface area contributed by atoms with Crippen LogP contribution in [0.25, 0.3) is 11.0 Å². The Morgan fingerprint density at radius 2 is 1.96 bits per heavy atom. The number of hydrogen-bond donors (Lipinski definition) is 1. The fourth-order valence-electron chi connectivity index (χ4n) is 3.06. The first-order valence-electron chi connectivity index (χ1n) is 8.29. The van der Waals surface area contributed by atoms with E-state index in [0.717, 1.165) is 49.6 Å². The molecule has 1 amide bonds. The highest BCUT2D eigenvalue weighted by atomic mass is 16.2. The predicted molar refractivity (Wildman–Crippen MR) is 91.2 cm³/mol. The minimum atomic E-state index is 0.0734. The third kappa shape index (κ3) is 3.71. The van der Waals surface area contributed by atoms with Gasteiger partial charge < -0.3 is 14.8 Å². The number of aromatic nitrogens is 2. The highest BCUT2D eigenvalue weighted by Crippen LogP contribution is 2.15. The normalized spacial score (nSPS) is 16.8. The first-order chi connectivity index (χ1) is 11.2. The van der Waals surface area contributed by atoms with Crippen molar-refractivity contribution in [3.63, 3.8) is 0 Å². The number of amides is 1. The number of piperazine rings is 1. The standard InChI is InChI=1S/C17H25N5O/c1-3-22-15-7-5-4-6-14(15)19-16(22)12-18-17(23)13-21-10-8-20(2)9-11-21/h4-7H,3,8-13H2,1-2H3,(H,18,23). The molecule has 0 atom stereocenters. The summed E-state index contributed by atoms with van der Waals surface area (Å²) in [6.45, 7) is 7.87. The fourth-order valence-corrected chi connectivity index (χ4v) is 3.06. The van der Waals surface area contributed by atoms with Crippen LogP contribution < -0.4 is 5.32 Å². The number of nitrogens with zero attached hydrogens (tertiary/aromatic N) is 4. The van der Waals surface area contributed by atoms with Gasteiger partial charge in [-0.3, -0.25) is 9.69 Å². The lowest BCUT2D eigenvalue weighted by Gasteiger charge is -2.31. The molecule has 1 aromatic heterocycles. The van der Waals surface area contributed by atoms with E-state index in [2.05, 4.69) is 44.7 Å². The Labute approximate surface area is 137 Å². The number of carbonyl (C=O) groups is 1. The lowest BCUT2D eigenvalue weighted by molar-refractivity contribution is -0.122. The van der Waals surface area contributed by atoms with Gasteiger partial charge in [0.25, 0.3) is 0 Å². The van der Waals surface area contributed by atoms with Gasteiger partial charge in [0.15, 0.2) is 0 Å². The molecule has 1 aliphatic heterocycles. The molecule has 0 saturated carbocycles. The second-order valence-electron chi connectivity index (χ2n) is 6.12. The van der Waals surface area contributed by atoms with Crippen molar-refractivity contribution in [1.82, 2.24) is 24.7 Å². The molecule has 6 nitrogen and oxygen atoms in total. The van der Waals surface area contributed by atoms with Crippen LogP contribution in [-0.4, -0.2) is 65.0 Å². The molecule has 0 bridgehead atoms. The molecule has 0 unspecified atom stereocenters. The van der Waals surface area contributed by atoms with Gasteiger partial charge in [-0.2, -0.15) is 0 Å². The quantitative estimate of drug-likeness (QED) is 0.891. The maximum absolute atomic E-state index is 12.2. The molecule has 1 aliphatic rings. The van der Waals surface area contributed by atoms with E-state index in [9.17, 15) is 4.79 Å². The van der Waals surface area contributed by atoms with Crippen molar-refractivity contribution in [3.8, 4) is 0 Å². The molecule has 1 aromatic carbocycles. The minimum absolute atomic E-state index is 0.0734. The molecule has 3 rings (SSSR count). The van der Waals surface area contributed by atoms with E-state index in [1.807, 2.05) is 18.2 Å². The van der Waals surface area contributed by atoms with Crippen molar-refractivity contribution in [1.29, 1.82) is 0 Å². The van der Waals surface area contributed by atoms with Crippen LogP contribution in [0.4, 0.5) is 0 Å². The number of nitrogens with one attached hydrogen (secondary N) is 1. The van der Waals surface area contributed by atoms with E-state index in [1.54, 1.807) is 0 Å². The van der Waals surface area contributed by atoms with Crippen LogP contribution in [0, 0.1) is 0 Å². The second kappa shape index (κ2) is 7.10. The van der Waals surface area contributed by atoms with Gasteiger partial charge in [-0.15, -0.1) is 0 Å². The monoisotopic (exact) mass is 315 g/mol. The summed E-state index contributed by atoms with van der Waals surface area (Å²) in [5, 5.41) is 3.02. The zero-order chi connectivity index (χ0) is 16.2. The summed E-state index contributed by atoms with van der Waals surface area (Å²) in [7, 11) is 2.12. The molecule has 1 fully saturated rings. The van der Waals surface area contributed by atoms with Crippen molar-refractivity contribution in [3.05, 3.63) is 30.1 Å². The largest absolute Gasteiger partial charge is 0.348 e. The average Bonchev–Trinajstić information content (AvgIpc) is 2.92. The Morgan fingerprint density at radius 3 is 2.70 bits per heavy atom. The predicted octanol–water partition coefficient (Wildman–Crippen LogP) is 0.920. The summed E-state index contributed by atoms with van der Waals surface area (Å²) in [4.78, 5) is 21.3. The number of imidazole rings is 1. The van der Waals surface area contributed by atoms with Crippen LogP contribution in [-0.2, 0) is 17.9 Å². The molecule has 0 radical (unpaired) electrons. The molecule has 1 N–H and O–H groups in total. The summed E-state index contributed by atoms with van der Waals surface area (Å²) in [6, 6.07) is 8.09. The van der Waals surface area contributed by atoms with Gasteiger partial charge in [0.1, 0.15) is 5.82 Å². The van der Waals surface area contributed by atoms with Crippen LogP contribution >= 0.6 is 0 Å². The minimum Gasteiger partial charge on any atom is -0.348 e. The van der Waals surface area contributed by atoms with Gasteiger partial charge in [0.2, 0.25) is 5.91 Å². The highest BCUT2D eigenvalue weighted by molar-refractivity contribution is 5.78. The number of benzene rings is 1. The fraction of sp³-hybridized carbons (Fsp3) is 0.529. The molecular weight excluding hydrogens is 290 g/mol. The Morgan fingerprint density at radius 1 is 1.22 bits per heavy atom. The summed E-state index contributed by atoms with van der Waals surface area (Å²) in [6.07, 6.45) is 0. The van der Waals surface area contributed by atoms with Gasteiger partial charge in [-0.1, -0.05) is 12.1 Å². The van der Waals surface area contributed by atoms with E-state index < -0.39 is 0 Å². The molecular formula is C17H25N5O. The van der Waals surface area contributed by atoms with Crippen LogP contribution in [0.2, 0.25) is 0 Å². The molecule has 2 aromatic rings. The van der Waals surface area contributed by atoms with Gasteiger partial charge in [-0.05, 0) is 26.1 Å². The van der Waals surface area contributed by atoms with Crippen molar-refractivity contribution in [2.45, 2.75) is 20.0 Å². The van der Waals surface area contributed by atoms with Gasteiger partial charge >= 0.3 is 0 Å². The maximum atomic E-state index is 12.2. The molecule has 0 spiro atoms. The van der Waals surface area contributed by atoms with Crippen LogP contribution in [0.3, 0.4) is 0 Å². The number of rotatable bonds is 5. The van der Waals surface area contributed by atoms with Crippen LogP contribution in [0.1, 0.15) is 12.7 Å². The smallest absolute Gasteiger partial charge is 0.234 e. The van der Waals surface area contributed by atoms with E-state index in [0.29, 0.717) is 13.1 Å². The first-order valence-corrected chi connectivity index (χ1v) is 8.29. The molecule has 124 valence electrons. The number of para-hydroxylation sites is 2. The number of hydrogen-bond acceptors (Lipinski definition) is 4. The third-order valence-corrected chi connectivity index (χ3v) is 4.46. The molecule has 23 heavy (non-hydrogen) atoms. The Hall–Kier alpha value is -1.92. The molecule has 0 aliphatic carbocycles. The molecule has 1 saturated heterocycles. The van der Waals surface area contributed by atoms with E-state index in [1.165, 1.54) is 0 Å². The Bertz CT molecular complexity index is 673. The van der Waals surface area contributed by atoms with Crippen LogP contribution in [0.5, 0.6) is 0 Å². The van der Waals surface area contributed by atoms with Gasteiger partial charge in [0, 0.05) is 32.7 Å². The van der Waals surface area contributed by atoms with Crippen molar-refractivity contribution in [2.24, 2.45) is 0 Å². The lowest BCUT2D eigenvalue weighted by Crippen LogP contribution is -2.48. The molecule has 6 heteroatoms. The topological polar surface area (TPSA) is 53.4 Å². The summed E-state index contributed by atoms with van der Waals surface area (Å²) in [5.74, 6) is 0.990.